The van der Waals surface area contributed by atoms with Gasteiger partial charge in [-0.1, -0.05) is 0 Å². The SMILES string of the molecule is CC(O)(COc1ccc(C#N)cc1)C(=O)Nc1ccc(C#N)c(I)c1. The van der Waals surface area contributed by atoms with Crippen LogP contribution in [0.5, 0.6) is 5.75 Å². The third kappa shape index (κ3) is 4.92. The lowest BCUT2D eigenvalue weighted by Gasteiger charge is -2.22. The summed E-state index contributed by atoms with van der Waals surface area (Å²) >= 11 is 2.00. The molecule has 0 heterocycles. The molecule has 6 nitrogen and oxygen atoms in total. The Hall–Kier alpha value is -2.62. The van der Waals surface area contributed by atoms with Crippen LogP contribution in [0.2, 0.25) is 0 Å². The van der Waals surface area contributed by atoms with Gasteiger partial charge in [0, 0.05) is 9.26 Å². The number of amides is 1. The Morgan fingerprint density at radius 2 is 1.92 bits per heavy atom. The monoisotopic (exact) mass is 447 g/mol. The highest BCUT2D eigenvalue weighted by atomic mass is 127. The fraction of sp³-hybridized carbons (Fsp3) is 0.167. The smallest absolute Gasteiger partial charge is 0.259 e. The van der Waals surface area contributed by atoms with Gasteiger partial charge in [0.05, 0.1) is 17.2 Å². The summed E-state index contributed by atoms with van der Waals surface area (Å²) in [5.74, 6) is -0.179. The van der Waals surface area contributed by atoms with E-state index in [1.807, 2.05) is 34.7 Å². The van der Waals surface area contributed by atoms with Crippen molar-refractivity contribution in [1.29, 1.82) is 10.5 Å². The fourth-order valence-corrected chi connectivity index (χ4v) is 2.50. The summed E-state index contributed by atoms with van der Waals surface area (Å²) in [6.45, 7) is 1.10. The Labute approximate surface area is 158 Å². The van der Waals surface area contributed by atoms with Gasteiger partial charge in [0.15, 0.2) is 5.60 Å². The van der Waals surface area contributed by atoms with Gasteiger partial charge in [-0.25, -0.2) is 0 Å². The third-order valence-corrected chi connectivity index (χ3v) is 4.23. The zero-order valence-electron chi connectivity index (χ0n) is 13.3. The van der Waals surface area contributed by atoms with E-state index in [1.165, 1.54) is 6.92 Å². The predicted molar refractivity (Wildman–Crippen MR) is 99.8 cm³/mol. The Bertz CT molecular complexity index is 865. The van der Waals surface area contributed by atoms with Crippen molar-refractivity contribution in [2.24, 2.45) is 0 Å². The molecule has 1 atom stereocenters. The number of carbonyl (C=O) groups excluding carboxylic acids is 1. The first-order chi connectivity index (χ1) is 11.9. The van der Waals surface area contributed by atoms with E-state index in [0.29, 0.717) is 26.1 Å². The van der Waals surface area contributed by atoms with Crippen LogP contribution in [0.3, 0.4) is 0 Å². The van der Waals surface area contributed by atoms with Gasteiger partial charge in [-0.15, -0.1) is 0 Å². The van der Waals surface area contributed by atoms with Crippen LogP contribution in [0.4, 0.5) is 5.69 Å². The molecule has 0 aliphatic rings. The predicted octanol–water partition coefficient (Wildman–Crippen LogP) is 2.80. The van der Waals surface area contributed by atoms with Crippen molar-refractivity contribution in [3.8, 4) is 17.9 Å². The number of hydrogen-bond acceptors (Lipinski definition) is 5. The summed E-state index contributed by atoms with van der Waals surface area (Å²) < 4.78 is 6.12. The first-order valence-corrected chi connectivity index (χ1v) is 8.30. The summed E-state index contributed by atoms with van der Waals surface area (Å²) in [5.41, 5.74) is -0.276. The highest BCUT2D eigenvalue weighted by Gasteiger charge is 2.31. The average molecular weight is 447 g/mol. The Balaban J connectivity index is 2.00. The molecular formula is C18H14IN3O3. The number of carbonyl (C=O) groups is 1. The van der Waals surface area contributed by atoms with Gasteiger partial charge in [-0.3, -0.25) is 4.79 Å². The molecule has 0 bridgehead atoms. The molecule has 0 aliphatic carbocycles. The highest BCUT2D eigenvalue weighted by molar-refractivity contribution is 14.1. The van der Waals surface area contributed by atoms with E-state index in [9.17, 15) is 9.90 Å². The fourth-order valence-electron chi connectivity index (χ4n) is 1.86. The number of nitrogens with one attached hydrogen (secondary N) is 1. The number of benzene rings is 2. The molecule has 1 amide bonds. The minimum Gasteiger partial charge on any atom is -0.490 e. The standard InChI is InChI=1S/C18H14IN3O3/c1-18(24,11-25-15-6-2-12(9-20)3-7-15)17(23)22-14-5-4-13(10-21)16(19)8-14/h2-8,24H,11H2,1H3,(H,22,23). The van der Waals surface area contributed by atoms with Gasteiger partial charge >= 0.3 is 0 Å². The van der Waals surface area contributed by atoms with Gasteiger partial charge in [0.2, 0.25) is 0 Å². The van der Waals surface area contributed by atoms with Crippen LogP contribution in [0, 0.1) is 26.2 Å². The van der Waals surface area contributed by atoms with Crippen LogP contribution in [-0.2, 0) is 4.79 Å². The molecule has 0 saturated heterocycles. The molecule has 126 valence electrons. The second-order valence-corrected chi connectivity index (χ2v) is 6.62. The molecule has 7 heteroatoms. The van der Waals surface area contributed by atoms with E-state index in [-0.39, 0.29) is 6.61 Å². The number of rotatable bonds is 5. The van der Waals surface area contributed by atoms with Crippen LogP contribution in [0.25, 0.3) is 0 Å². The lowest BCUT2D eigenvalue weighted by molar-refractivity contribution is -0.135. The van der Waals surface area contributed by atoms with E-state index in [2.05, 4.69) is 5.32 Å². The zero-order chi connectivity index (χ0) is 18.4. The van der Waals surface area contributed by atoms with Gasteiger partial charge in [0.1, 0.15) is 18.4 Å². The molecule has 2 aromatic carbocycles. The van der Waals surface area contributed by atoms with E-state index < -0.39 is 11.5 Å². The maximum Gasteiger partial charge on any atom is 0.259 e. The van der Waals surface area contributed by atoms with E-state index in [0.717, 1.165) is 0 Å². The maximum absolute atomic E-state index is 12.3. The molecule has 0 saturated carbocycles. The van der Waals surface area contributed by atoms with Crippen molar-refractivity contribution in [2.45, 2.75) is 12.5 Å². The first-order valence-electron chi connectivity index (χ1n) is 7.22. The lowest BCUT2D eigenvalue weighted by Crippen LogP contribution is -2.45. The van der Waals surface area contributed by atoms with E-state index in [1.54, 1.807) is 42.5 Å². The van der Waals surface area contributed by atoms with Crippen molar-refractivity contribution < 1.29 is 14.6 Å². The normalized spacial score (nSPS) is 12.4. The quantitative estimate of drug-likeness (QED) is 0.686. The second kappa shape index (κ2) is 7.97. The third-order valence-electron chi connectivity index (χ3n) is 3.34. The largest absolute Gasteiger partial charge is 0.490 e. The molecule has 2 aromatic rings. The summed E-state index contributed by atoms with van der Waals surface area (Å²) in [6, 6.07) is 15.2. The Morgan fingerprint density at radius 3 is 2.48 bits per heavy atom. The van der Waals surface area contributed by atoms with Gasteiger partial charge in [-0.2, -0.15) is 10.5 Å². The van der Waals surface area contributed by atoms with Crippen LogP contribution in [0.15, 0.2) is 42.5 Å². The highest BCUT2D eigenvalue weighted by Crippen LogP contribution is 2.19. The lowest BCUT2D eigenvalue weighted by atomic mass is 10.1. The Kier molecular flexibility index (Phi) is 5.97. The molecule has 0 spiro atoms. The number of aliphatic hydroxyl groups is 1. The number of ether oxygens (including phenoxy) is 1. The van der Waals surface area contributed by atoms with E-state index in [4.69, 9.17) is 15.3 Å². The molecule has 2 rings (SSSR count). The Morgan fingerprint density at radius 1 is 1.24 bits per heavy atom. The molecule has 0 fully saturated rings. The average Bonchev–Trinajstić information content (AvgIpc) is 2.60. The van der Waals surface area contributed by atoms with Crippen LogP contribution >= 0.6 is 22.6 Å². The molecule has 0 aliphatic heterocycles. The van der Waals surface area contributed by atoms with Crippen molar-refractivity contribution in [3.05, 3.63) is 57.2 Å². The second-order valence-electron chi connectivity index (χ2n) is 5.46. The van der Waals surface area contributed by atoms with Gasteiger partial charge in [-0.05, 0) is 72.0 Å². The number of anilines is 1. The maximum atomic E-state index is 12.3. The zero-order valence-corrected chi connectivity index (χ0v) is 15.4. The van der Waals surface area contributed by atoms with Crippen molar-refractivity contribution in [3.63, 3.8) is 0 Å². The number of nitrogens with zero attached hydrogens (tertiary/aromatic N) is 2. The first kappa shape index (κ1) is 18.7. The van der Waals surface area contributed by atoms with Crippen molar-refractivity contribution in [2.75, 3.05) is 11.9 Å². The van der Waals surface area contributed by atoms with Crippen LogP contribution in [0.1, 0.15) is 18.1 Å². The van der Waals surface area contributed by atoms with Crippen molar-refractivity contribution >= 4 is 34.2 Å². The van der Waals surface area contributed by atoms with Gasteiger partial charge in [0.25, 0.3) is 5.91 Å². The topological polar surface area (TPSA) is 106 Å². The van der Waals surface area contributed by atoms with Gasteiger partial charge < -0.3 is 15.2 Å². The van der Waals surface area contributed by atoms with Crippen molar-refractivity contribution in [1.82, 2.24) is 0 Å². The molecule has 1 unspecified atom stereocenters. The van der Waals surface area contributed by atoms with Crippen LogP contribution in [-0.4, -0.2) is 23.2 Å². The summed E-state index contributed by atoms with van der Waals surface area (Å²) in [4.78, 5) is 12.3. The summed E-state index contributed by atoms with van der Waals surface area (Å²) in [7, 11) is 0. The summed E-state index contributed by atoms with van der Waals surface area (Å²) in [5, 5.41) is 30.6. The number of halogens is 1. The van der Waals surface area contributed by atoms with E-state index >= 15 is 0 Å². The molecule has 2 N–H and O–H groups in total. The number of nitriles is 2. The molecule has 25 heavy (non-hydrogen) atoms. The summed E-state index contributed by atoms with van der Waals surface area (Å²) in [6.07, 6.45) is 0. The number of hydrogen-bond donors (Lipinski definition) is 2. The minimum absolute atomic E-state index is 0.252. The van der Waals surface area contributed by atoms with Crippen LogP contribution < -0.4 is 10.1 Å². The molecular weight excluding hydrogens is 433 g/mol. The minimum atomic E-state index is -1.76. The molecule has 0 aromatic heterocycles. The molecule has 0 radical (unpaired) electrons.